The lowest BCUT2D eigenvalue weighted by Crippen LogP contribution is -1.82. The van der Waals surface area contributed by atoms with Crippen molar-refractivity contribution in [1.82, 2.24) is 4.98 Å². The van der Waals surface area contributed by atoms with Crippen LogP contribution in [0.4, 0.5) is 0 Å². The smallest absolute Gasteiger partial charge is 0.110 e. The third-order valence-corrected chi connectivity index (χ3v) is 2.83. The van der Waals surface area contributed by atoms with E-state index in [2.05, 4.69) is 27.6 Å². The van der Waals surface area contributed by atoms with Crippen LogP contribution in [0.25, 0.3) is 10.8 Å². The maximum Gasteiger partial charge on any atom is 0.110 e. The topological polar surface area (TPSA) is 12.9 Å². The van der Waals surface area contributed by atoms with Crippen LogP contribution in [-0.2, 0) is 0 Å². The molecule has 1 nitrogen and oxygen atoms in total. The van der Waals surface area contributed by atoms with E-state index < -0.39 is 0 Å². The summed E-state index contributed by atoms with van der Waals surface area (Å²) in [4.78, 5) is 4.17. The molecule has 2 aromatic rings. The average Bonchev–Trinajstić information content (AvgIpc) is 2.04. The van der Waals surface area contributed by atoms with Gasteiger partial charge in [-0.2, -0.15) is 0 Å². The van der Waals surface area contributed by atoms with E-state index in [4.69, 9.17) is 11.6 Å². The van der Waals surface area contributed by atoms with Crippen LogP contribution in [-0.4, -0.2) is 4.98 Å². The van der Waals surface area contributed by atoms with Crippen molar-refractivity contribution < 1.29 is 0 Å². The summed E-state index contributed by atoms with van der Waals surface area (Å²) in [7, 11) is 0. The predicted molar refractivity (Wildman–Crippen MR) is 59.5 cm³/mol. The first-order valence-corrected chi connectivity index (χ1v) is 4.93. The SMILES string of the molecule is Clc1cccc2ccnc(I)c12. The molecule has 0 bridgehead atoms. The molecule has 1 aromatic heterocycles. The molecule has 0 spiro atoms. The van der Waals surface area contributed by atoms with E-state index in [0.717, 1.165) is 19.5 Å². The molecule has 1 aromatic carbocycles. The van der Waals surface area contributed by atoms with Gasteiger partial charge in [0, 0.05) is 11.6 Å². The molecule has 0 saturated heterocycles. The van der Waals surface area contributed by atoms with Gasteiger partial charge in [0.1, 0.15) is 3.70 Å². The minimum absolute atomic E-state index is 0.769. The van der Waals surface area contributed by atoms with Crippen LogP contribution in [0.3, 0.4) is 0 Å². The zero-order valence-corrected chi connectivity index (χ0v) is 9.00. The van der Waals surface area contributed by atoms with Crippen molar-refractivity contribution in [1.29, 1.82) is 0 Å². The predicted octanol–water partition coefficient (Wildman–Crippen LogP) is 3.49. The Morgan fingerprint density at radius 1 is 1.25 bits per heavy atom. The fourth-order valence-electron chi connectivity index (χ4n) is 1.14. The molecule has 0 amide bonds. The second kappa shape index (κ2) is 3.18. The van der Waals surface area contributed by atoms with Gasteiger partial charge in [-0.05, 0) is 40.1 Å². The van der Waals surface area contributed by atoms with Crippen LogP contribution < -0.4 is 0 Å². The number of hydrogen-bond acceptors (Lipinski definition) is 1. The highest BCUT2D eigenvalue weighted by atomic mass is 127. The summed E-state index contributed by atoms with van der Waals surface area (Å²) in [5.74, 6) is 0. The van der Waals surface area contributed by atoms with Crippen molar-refractivity contribution in [2.45, 2.75) is 0 Å². The largest absolute Gasteiger partial charge is 0.250 e. The highest BCUT2D eigenvalue weighted by molar-refractivity contribution is 14.1. The van der Waals surface area contributed by atoms with Gasteiger partial charge in [-0.3, -0.25) is 0 Å². The number of halogens is 2. The summed E-state index contributed by atoms with van der Waals surface area (Å²) in [6.07, 6.45) is 1.79. The summed E-state index contributed by atoms with van der Waals surface area (Å²) >= 11 is 8.21. The molecule has 0 saturated carbocycles. The molecule has 12 heavy (non-hydrogen) atoms. The molecule has 1 heterocycles. The highest BCUT2D eigenvalue weighted by Gasteiger charge is 2.01. The summed E-state index contributed by atoms with van der Waals surface area (Å²) in [6, 6.07) is 7.82. The summed E-state index contributed by atoms with van der Waals surface area (Å²) in [5, 5.41) is 2.95. The van der Waals surface area contributed by atoms with Gasteiger partial charge in [0.25, 0.3) is 0 Å². The van der Waals surface area contributed by atoms with Crippen molar-refractivity contribution >= 4 is 45.0 Å². The van der Waals surface area contributed by atoms with Crippen molar-refractivity contribution in [2.24, 2.45) is 0 Å². The fraction of sp³-hybridized carbons (Fsp3) is 0. The first-order chi connectivity index (χ1) is 5.79. The third kappa shape index (κ3) is 1.29. The zero-order chi connectivity index (χ0) is 8.55. The summed E-state index contributed by atoms with van der Waals surface area (Å²) < 4.78 is 0.954. The molecular weight excluding hydrogens is 284 g/mol. The molecule has 0 aliphatic carbocycles. The van der Waals surface area contributed by atoms with Gasteiger partial charge in [0.15, 0.2) is 0 Å². The second-order valence-corrected chi connectivity index (χ2v) is 3.87. The Morgan fingerprint density at radius 3 is 2.83 bits per heavy atom. The van der Waals surface area contributed by atoms with E-state index >= 15 is 0 Å². The Balaban J connectivity index is 2.96. The molecule has 0 N–H and O–H groups in total. The monoisotopic (exact) mass is 289 g/mol. The molecule has 0 aliphatic heterocycles. The Bertz CT molecular complexity index is 391. The van der Waals surface area contributed by atoms with Gasteiger partial charge in [-0.1, -0.05) is 23.7 Å². The molecule has 2 rings (SSSR count). The van der Waals surface area contributed by atoms with Crippen LogP contribution in [0.5, 0.6) is 0 Å². The third-order valence-electron chi connectivity index (χ3n) is 1.69. The van der Waals surface area contributed by atoms with Crippen molar-refractivity contribution in [3.8, 4) is 0 Å². The van der Waals surface area contributed by atoms with E-state index in [-0.39, 0.29) is 0 Å². The summed E-state index contributed by atoms with van der Waals surface area (Å²) in [5.41, 5.74) is 0. The Kier molecular flexibility index (Phi) is 2.19. The molecule has 60 valence electrons. The summed E-state index contributed by atoms with van der Waals surface area (Å²) in [6.45, 7) is 0. The maximum atomic E-state index is 6.02. The van der Waals surface area contributed by atoms with Crippen LogP contribution in [0.15, 0.2) is 30.5 Å². The maximum absolute atomic E-state index is 6.02. The molecule has 3 heteroatoms. The molecule has 0 unspecified atom stereocenters. The molecule has 0 atom stereocenters. The molecule has 0 fully saturated rings. The number of pyridine rings is 1. The Morgan fingerprint density at radius 2 is 2.08 bits per heavy atom. The van der Waals surface area contributed by atoms with Crippen molar-refractivity contribution in [3.63, 3.8) is 0 Å². The zero-order valence-electron chi connectivity index (χ0n) is 6.09. The number of hydrogen-bond donors (Lipinski definition) is 0. The minimum atomic E-state index is 0.769. The van der Waals surface area contributed by atoms with Gasteiger partial charge in [0.2, 0.25) is 0 Å². The van der Waals surface area contributed by atoms with E-state index in [1.54, 1.807) is 6.20 Å². The lowest BCUT2D eigenvalue weighted by molar-refractivity contribution is 1.31. The van der Waals surface area contributed by atoms with Crippen molar-refractivity contribution in [3.05, 3.63) is 39.2 Å². The number of benzene rings is 1. The van der Waals surface area contributed by atoms with Gasteiger partial charge in [-0.25, -0.2) is 4.98 Å². The van der Waals surface area contributed by atoms with Gasteiger partial charge in [0.05, 0.1) is 5.02 Å². The second-order valence-electron chi connectivity index (χ2n) is 2.44. The Hall–Kier alpha value is -0.350. The average molecular weight is 290 g/mol. The quantitative estimate of drug-likeness (QED) is 0.534. The standard InChI is InChI=1S/C9H5ClIN/c10-7-3-1-2-6-4-5-12-9(11)8(6)7/h1-5H. The normalized spacial score (nSPS) is 10.5. The van der Waals surface area contributed by atoms with E-state index in [1.807, 2.05) is 24.3 Å². The molecule has 0 radical (unpaired) electrons. The van der Waals surface area contributed by atoms with Crippen LogP contribution in [0.2, 0.25) is 5.02 Å². The number of aromatic nitrogens is 1. The highest BCUT2D eigenvalue weighted by Crippen LogP contribution is 2.25. The number of rotatable bonds is 0. The lowest BCUT2D eigenvalue weighted by atomic mass is 10.2. The number of nitrogens with zero attached hydrogens (tertiary/aromatic N) is 1. The van der Waals surface area contributed by atoms with Crippen LogP contribution in [0.1, 0.15) is 0 Å². The van der Waals surface area contributed by atoms with Gasteiger partial charge < -0.3 is 0 Å². The molecular formula is C9H5ClIN. The minimum Gasteiger partial charge on any atom is -0.250 e. The van der Waals surface area contributed by atoms with Gasteiger partial charge in [-0.15, -0.1) is 0 Å². The van der Waals surface area contributed by atoms with Gasteiger partial charge >= 0.3 is 0 Å². The first kappa shape index (κ1) is 8.26. The van der Waals surface area contributed by atoms with E-state index in [9.17, 15) is 0 Å². The lowest BCUT2D eigenvalue weighted by Gasteiger charge is -2.00. The molecule has 0 aliphatic rings. The van der Waals surface area contributed by atoms with E-state index in [0.29, 0.717) is 0 Å². The van der Waals surface area contributed by atoms with Crippen molar-refractivity contribution in [2.75, 3.05) is 0 Å². The fourth-order valence-corrected chi connectivity index (χ4v) is 2.34. The number of fused-ring (bicyclic) bond motifs is 1. The first-order valence-electron chi connectivity index (χ1n) is 3.48. The Labute approximate surface area is 88.9 Å². The van der Waals surface area contributed by atoms with E-state index in [1.165, 1.54) is 0 Å². The van der Waals surface area contributed by atoms with Crippen LogP contribution >= 0.6 is 34.2 Å². The van der Waals surface area contributed by atoms with Crippen LogP contribution in [0, 0.1) is 3.70 Å².